The highest BCUT2D eigenvalue weighted by Gasteiger charge is 2.43. The van der Waals surface area contributed by atoms with E-state index in [0.717, 1.165) is 6.08 Å². The molecule has 1 rings (SSSR count). The van der Waals surface area contributed by atoms with E-state index in [9.17, 15) is 14.4 Å². The number of aliphatic carboxylic acids is 1. The van der Waals surface area contributed by atoms with Crippen molar-refractivity contribution in [3.63, 3.8) is 0 Å². The van der Waals surface area contributed by atoms with Crippen molar-refractivity contribution in [3.05, 3.63) is 12.7 Å². The van der Waals surface area contributed by atoms with Crippen LogP contribution in [0.25, 0.3) is 0 Å². The summed E-state index contributed by atoms with van der Waals surface area (Å²) in [7, 11) is 0. The van der Waals surface area contributed by atoms with Gasteiger partial charge in [-0.15, -0.1) is 0 Å². The number of carbonyl (C=O) groups excluding carboxylic acids is 2. The maximum Gasteiger partial charge on any atom is 0.350 e. The summed E-state index contributed by atoms with van der Waals surface area (Å²) in [5.41, 5.74) is -1.35. The third-order valence-electron chi connectivity index (χ3n) is 3.76. The zero-order valence-electron chi connectivity index (χ0n) is 14.1. The Hall–Kier alpha value is -1.89. The van der Waals surface area contributed by atoms with Crippen LogP contribution < -0.4 is 0 Å². The van der Waals surface area contributed by atoms with Gasteiger partial charge >= 0.3 is 17.9 Å². The molecule has 0 amide bonds. The second-order valence-electron chi connectivity index (χ2n) is 5.88. The fourth-order valence-electron chi connectivity index (χ4n) is 2.44. The van der Waals surface area contributed by atoms with E-state index >= 15 is 0 Å². The molecule has 0 radical (unpaired) electrons. The summed E-state index contributed by atoms with van der Waals surface area (Å²) in [6, 6.07) is 0. The van der Waals surface area contributed by atoms with Gasteiger partial charge in [-0.2, -0.15) is 0 Å². The van der Waals surface area contributed by atoms with Crippen LogP contribution in [0, 0.1) is 0 Å². The number of carboxylic acids is 1. The molecule has 136 valence electrons. The molecular formula is C17H26O7. The van der Waals surface area contributed by atoms with E-state index in [1.165, 1.54) is 0 Å². The molecule has 7 heteroatoms. The van der Waals surface area contributed by atoms with Crippen LogP contribution in [0.15, 0.2) is 12.7 Å². The Bertz CT molecular complexity index is 456. The maximum atomic E-state index is 12.5. The van der Waals surface area contributed by atoms with Crippen molar-refractivity contribution in [2.75, 3.05) is 13.2 Å². The van der Waals surface area contributed by atoms with Crippen molar-refractivity contribution in [3.8, 4) is 0 Å². The molecule has 2 atom stereocenters. The SMILES string of the molecule is C=CC(=O)OC(CCC)(CCCCCC(=O)O)C(=O)OCC1CO1. The normalized spacial score (nSPS) is 18.3. The molecule has 0 aliphatic carbocycles. The Kier molecular flexibility index (Phi) is 8.46. The molecule has 1 aliphatic rings. The first-order valence-electron chi connectivity index (χ1n) is 8.29. The van der Waals surface area contributed by atoms with Crippen molar-refractivity contribution in [2.45, 2.75) is 63.6 Å². The lowest BCUT2D eigenvalue weighted by Gasteiger charge is -2.30. The maximum absolute atomic E-state index is 12.5. The predicted molar refractivity (Wildman–Crippen MR) is 85.3 cm³/mol. The Morgan fingerprint density at radius 1 is 1.29 bits per heavy atom. The van der Waals surface area contributed by atoms with E-state index in [1.54, 1.807) is 0 Å². The summed E-state index contributed by atoms with van der Waals surface area (Å²) in [4.78, 5) is 34.8. The van der Waals surface area contributed by atoms with E-state index in [2.05, 4.69) is 6.58 Å². The average molecular weight is 342 g/mol. The van der Waals surface area contributed by atoms with Gasteiger partial charge in [-0.3, -0.25) is 4.79 Å². The van der Waals surface area contributed by atoms with Gasteiger partial charge in [-0.1, -0.05) is 26.3 Å². The first kappa shape index (κ1) is 20.2. The number of ether oxygens (including phenoxy) is 3. The Labute approximate surface area is 142 Å². The van der Waals surface area contributed by atoms with E-state index in [1.807, 2.05) is 6.92 Å². The smallest absolute Gasteiger partial charge is 0.350 e. The lowest BCUT2D eigenvalue weighted by molar-refractivity contribution is -0.182. The largest absolute Gasteiger partial charge is 0.481 e. The second kappa shape index (κ2) is 10.1. The zero-order chi connectivity index (χ0) is 18.0. The Balaban J connectivity index is 2.67. The Morgan fingerprint density at radius 3 is 2.54 bits per heavy atom. The van der Waals surface area contributed by atoms with Gasteiger partial charge < -0.3 is 19.3 Å². The zero-order valence-corrected chi connectivity index (χ0v) is 14.1. The first-order chi connectivity index (χ1) is 11.4. The van der Waals surface area contributed by atoms with Crippen molar-refractivity contribution >= 4 is 17.9 Å². The fraction of sp³-hybridized carbons (Fsp3) is 0.706. The van der Waals surface area contributed by atoms with E-state index in [0.29, 0.717) is 45.1 Å². The summed E-state index contributed by atoms with van der Waals surface area (Å²) >= 11 is 0. The van der Waals surface area contributed by atoms with Crippen molar-refractivity contribution in [2.24, 2.45) is 0 Å². The van der Waals surface area contributed by atoms with Crippen LogP contribution in [0.4, 0.5) is 0 Å². The molecule has 0 aromatic heterocycles. The Morgan fingerprint density at radius 2 is 2.00 bits per heavy atom. The van der Waals surface area contributed by atoms with Crippen molar-refractivity contribution in [1.29, 1.82) is 0 Å². The molecule has 0 aromatic carbocycles. The minimum atomic E-state index is -1.35. The number of hydrogen-bond acceptors (Lipinski definition) is 6. The minimum absolute atomic E-state index is 0.0704. The van der Waals surface area contributed by atoms with Crippen LogP contribution in [0.2, 0.25) is 0 Å². The molecule has 0 bridgehead atoms. The van der Waals surface area contributed by atoms with Crippen LogP contribution >= 0.6 is 0 Å². The van der Waals surface area contributed by atoms with Crippen LogP contribution in [-0.2, 0) is 28.6 Å². The van der Waals surface area contributed by atoms with Crippen molar-refractivity contribution < 1.29 is 33.7 Å². The number of esters is 2. The van der Waals surface area contributed by atoms with Gasteiger partial charge in [0, 0.05) is 12.5 Å². The van der Waals surface area contributed by atoms with Gasteiger partial charge in [0.15, 0.2) is 0 Å². The number of hydrogen-bond donors (Lipinski definition) is 1. The van der Waals surface area contributed by atoms with E-state index in [-0.39, 0.29) is 19.1 Å². The van der Waals surface area contributed by atoms with Gasteiger partial charge in [0.25, 0.3) is 0 Å². The molecule has 0 saturated carbocycles. The lowest BCUT2D eigenvalue weighted by atomic mass is 9.90. The van der Waals surface area contributed by atoms with Crippen LogP contribution in [0.5, 0.6) is 0 Å². The number of unbranched alkanes of at least 4 members (excludes halogenated alkanes) is 2. The molecule has 1 aliphatic heterocycles. The van der Waals surface area contributed by atoms with Crippen LogP contribution in [-0.4, -0.2) is 47.9 Å². The number of rotatable bonds is 13. The quantitative estimate of drug-likeness (QED) is 0.237. The topological polar surface area (TPSA) is 102 Å². The first-order valence-corrected chi connectivity index (χ1v) is 8.29. The van der Waals surface area contributed by atoms with Gasteiger partial charge in [0.05, 0.1) is 6.61 Å². The van der Waals surface area contributed by atoms with Crippen LogP contribution in [0.3, 0.4) is 0 Å². The highest BCUT2D eigenvalue weighted by atomic mass is 16.6. The number of epoxide rings is 1. The molecule has 24 heavy (non-hydrogen) atoms. The van der Waals surface area contributed by atoms with Crippen molar-refractivity contribution in [1.82, 2.24) is 0 Å². The number of carbonyl (C=O) groups is 3. The van der Waals surface area contributed by atoms with Gasteiger partial charge in [0.1, 0.15) is 12.7 Å². The van der Waals surface area contributed by atoms with E-state index < -0.39 is 23.5 Å². The summed E-state index contributed by atoms with van der Waals surface area (Å²) < 4.78 is 15.6. The molecule has 7 nitrogen and oxygen atoms in total. The molecule has 1 heterocycles. The second-order valence-corrected chi connectivity index (χ2v) is 5.88. The standard InChI is InChI=1S/C17H26O7/c1-3-9-17(24-15(20)4-2,10-7-5-6-8-14(18)19)16(21)23-12-13-11-22-13/h4,13H,2-3,5-12H2,1H3,(H,18,19). The number of carboxylic acid groups (broad SMARTS) is 1. The third kappa shape index (κ3) is 7.12. The summed E-state index contributed by atoms with van der Waals surface area (Å²) in [6.07, 6.45) is 4.00. The van der Waals surface area contributed by atoms with Gasteiger partial charge in [-0.05, 0) is 25.7 Å². The molecule has 0 spiro atoms. The molecule has 2 unspecified atom stereocenters. The highest BCUT2D eigenvalue weighted by Crippen LogP contribution is 2.28. The summed E-state index contributed by atoms with van der Waals surface area (Å²) in [5.74, 6) is -2.10. The minimum Gasteiger partial charge on any atom is -0.481 e. The van der Waals surface area contributed by atoms with Gasteiger partial charge in [0.2, 0.25) is 5.60 Å². The third-order valence-corrected chi connectivity index (χ3v) is 3.76. The molecule has 1 saturated heterocycles. The van der Waals surface area contributed by atoms with Crippen LogP contribution in [0.1, 0.15) is 51.9 Å². The predicted octanol–water partition coefficient (Wildman–Crippen LogP) is 2.23. The monoisotopic (exact) mass is 342 g/mol. The lowest BCUT2D eigenvalue weighted by Crippen LogP contribution is -2.45. The molecule has 1 fully saturated rings. The average Bonchev–Trinajstić information content (AvgIpc) is 3.36. The van der Waals surface area contributed by atoms with Gasteiger partial charge in [-0.25, -0.2) is 9.59 Å². The highest BCUT2D eigenvalue weighted by molar-refractivity contribution is 5.87. The molecular weight excluding hydrogens is 316 g/mol. The molecule has 1 N–H and O–H groups in total. The molecule has 0 aromatic rings. The summed E-state index contributed by atoms with van der Waals surface area (Å²) in [5, 5.41) is 8.66. The fourth-order valence-corrected chi connectivity index (χ4v) is 2.44. The van der Waals surface area contributed by atoms with E-state index in [4.69, 9.17) is 19.3 Å². The summed E-state index contributed by atoms with van der Waals surface area (Å²) in [6.45, 7) is 5.97.